The molecule has 31 heavy (non-hydrogen) atoms. The zero-order chi connectivity index (χ0) is 22.4. The number of aromatic nitrogens is 3. The van der Waals surface area contributed by atoms with Crippen LogP contribution in [0.5, 0.6) is 0 Å². The van der Waals surface area contributed by atoms with Gasteiger partial charge in [-0.05, 0) is 30.7 Å². The van der Waals surface area contributed by atoms with E-state index in [1.54, 1.807) is 13.0 Å². The third-order valence-electron chi connectivity index (χ3n) is 4.66. The van der Waals surface area contributed by atoms with Gasteiger partial charge in [0.1, 0.15) is 0 Å². The molecule has 0 aliphatic rings. The number of benzene rings is 1. The van der Waals surface area contributed by atoms with Gasteiger partial charge in [-0.15, -0.1) is 0 Å². The molecule has 0 spiro atoms. The minimum Gasteiger partial charge on any atom is -0.618 e. The van der Waals surface area contributed by atoms with Gasteiger partial charge in [-0.2, -0.15) is 13.5 Å². The monoisotopic (exact) mass is 449 g/mol. The van der Waals surface area contributed by atoms with Gasteiger partial charge in [0.15, 0.2) is 12.0 Å². The molecule has 0 saturated heterocycles. The summed E-state index contributed by atoms with van der Waals surface area (Å²) in [6.45, 7) is 2.17. The van der Waals surface area contributed by atoms with Crippen LogP contribution in [0.25, 0.3) is 0 Å². The molecule has 0 fully saturated rings. The van der Waals surface area contributed by atoms with E-state index in [2.05, 4.69) is 15.6 Å². The largest absolute Gasteiger partial charge is 0.618 e. The molecular formula is C21H22ClF2N5O2. The lowest BCUT2D eigenvalue weighted by Gasteiger charge is -2.17. The van der Waals surface area contributed by atoms with Crippen molar-refractivity contribution in [3.63, 3.8) is 0 Å². The molecule has 7 nitrogen and oxygen atoms in total. The van der Waals surface area contributed by atoms with Gasteiger partial charge in [0.25, 0.3) is 11.3 Å². The zero-order valence-corrected chi connectivity index (χ0v) is 17.6. The van der Waals surface area contributed by atoms with Crippen LogP contribution >= 0.6 is 11.6 Å². The maximum absolute atomic E-state index is 14.4. The third kappa shape index (κ3) is 5.77. The van der Waals surface area contributed by atoms with Crippen LogP contribution in [0.1, 0.15) is 17.0 Å². The van der Waals surface area contributed by atoms with Gasteiger partial charge in [0.2, 0.25) is 0 Å². The Hall–Kier alpha value is -3.04. The van der Waals surface area contributed by atoms with E-state index < -0.39 is 23.7 Å². The lowest BCUT2D eigenvalue weighted by Crippen LogP contribution is -2.41. The van der Waals surface area contributed by atoms with Gasteiger partial charge in [0.05, 0.1) is 6.54 Å². The summed E-state index contributed by atoms with van der Waals surface area (Å²) in [6, 6.07) is 11.2. The fraction of sp³-hybridized carbons (Fsp3) is 0.286. The Morgan fingerprint density at radius 2 is 2.06 bits per heavy atom. The van der Waals surface area contributed by atoms with Crippen molar-refractivity contribution in [2.24, 2.45) is 0 Å². The summed E-state index contributed by atoms with van der Waals surface area (Å²) in [5.41, 5.74) is 0.392. The van der Waals surface area contributed by atoms with Crippen molar-refractivity contribution in [1.29, 1.82) is 0 Å². The summed E-state index contributed by atoms with van der Waals surface area (Å²) in [7, 11) is 0. The highest BCUT2D eigenvalue weighted by Gasteiger charge is 2.39. The number of aryl methyl sites for hydroxylation is 1. The first-order valence-electron chi connectivity index (χ1n) is 9.60. The number of nitrogens with one attached hydrogen (secondary N) is 2. The summed E-state index contributed by atoms with van der Waals surface area (Å²) in [5.74, 6) is -3.68. The van der Waals surface area contributed by atoms with Crippen LogP contribution in [0.4, 0.5) is 14.6 Å². The van der Waals surface area contributed by atoms with E-state index in [0.717, 1.165) is 17.8 Å². The van der Waals surface area contributed by atoms with E-state index in [9.17, 15) is 18.8 Å². The third-order valence-corrected chi connectivity index (χ3v) is 4.90. The standard InChI is InChI=1S/C21H22ClF2N5O2/c1-15-12-26-19(27-14-21(23,24)18-7-2-3-9-29(18)31)20(30)28(15)10-8-25-13-16-5-4-6-17(22)11-16/h2-7,9,11-12,25H,8,10,13-14H2,1H3,(H,26,27). The highest BCUT2D eigenvalue weighted by molar-refractivity contribution is 6.30. The van der Waals surface area contributed by atoms with Crippen molar-refractivity contribution in [2.45, 2.75) is 25.9 Å². The average Bonchev–Trinajstić information content (AvgIpc) is 2.73. The van der Waals surface area contributed by atoms with Crippen molar-refractivity contribution in [1.82, 2.24) is 14.9 Å². The van der Waals surface area contributed by atoms with Gasteiger partial charge in [-0.1, -0.05) is 23.7 Å². The minimum atomic E-state index is -3.48. The van der Waals surface area contributed by atoms with Gasteiger partial charge < -0.3 is 20.4 Å². The first-order chi connectivity index (χ1) is 14.8. The first-order valence-corrected chi connectivity index (χ1v) is 9.98. The molecule has 0 aliphatic heterocycles. The van der Waals surface area contributed by atoms with E-state index >= 15 is 0 Å². The number of hydrogen-bond donors (Lipinski definition) is 2. The minimum absolute atomic E-state index is 0.105. The molecule has 2 heterocycles. The Kier molecular flexibility index (Phi) is 7.19. The summed E-state index contributed by atoms with van der Waals surface area (Å²) in [6.07, 6.45) is 2.44. The molecule has 0 atom stereocenters. The van der Waals surface area contributed by atoms with Crippen molar-refractivity contribution in [3.05, 3.63) is 92.4 Å². The Balaban J connectivity index is 1.63. The molecule has 0 radical (unpaired) electrons. The van der Waals surface area contributed by atoms with Crippen LogP contribution in [0.15, 0.2) is 59.7 Å². The number of hydrogen-bond acceptors (Lipinski definition) is 5. The smallest absolute Gasteiger partial charge is 0.347 e. The Bertz CT molecular complexity index is 1110. The molecule has 2 N–H and O–H groups in total. The second-order valence-electron chi connectivity index (χ2n) is 6.98. The molecule has 3 rings (SSSR count). The van der Waals surface area contributed by atoms with Crippen molar-refractivity contribution in [3.8, 4) is 0 Å². The fourth-order valence-electron chi connectivity index (χ4n) is 3.04. The molecule has 0 saturated carbocycles. The average molecular weight is 450 g/mol. The maximum atomic E-state index is 14.4. The van der Waals surface area contributed by atoms with E-state index in [0.29, 0.717) is 30.4 Å². The molecule has 2 aromatic heterocycles. The van der Waals surface area contributed by atoms with Crippen molar-refractivity contribution < 1.29 is 13.5 Å². The van der Waals surface area contributed by atoms with Crippen LogP contribution in [-0.4, -0.2) is 22.6 Å². The van der Waals surface area contributed by atoms with Gasteiger partial charge >= 0.3 is 5.92 Å². The molecule has 1 aromatic carbocycles. The number of rotatable bonds is 9. The molecule has 0 bridgehead atoms. The zero-order valence-electron chi connectivity index (χ0n) is 16.8. The van der Waals surface area contributed by atoms with Crippen LogP contribution in [0.2, 0.25) is 5.02 Å². The van der Waals surface area contributed by atoms with E-state index in [4.69, 9.17) is 11.6 Å². The highest BCUT2D eigenvalue weighted by Crippen LogP contribution is 2.24. The normalized spacial score (nSPS) is 11.5. The van der Waals surface area contributed by atoms with E-state index in [-0.39, 0.29) is 10.5 Å². The summed E-state index contributed by atoms with van der Waals surface area (Å²) >= 11 is 5.96. The van der Waals surface area contributed by atoms with Crippen LogP contribution in [-0.2, 0) is 19.0 Å². The van der Waals surface area contributed by atoms with Crippen LogP contribution in [0, 0.1) is 12.1 Å². The molecular weight excluding hydrogens is 428 g/mol. The maximum Gasteiger partial charge on any atom is 0.347 e. The first kappa shape index (κ1) is 22.6. The summed E-state index contributed by atoms with van der Waals surface area (Å²) < 4.78 is 30.4. The summed E-state index contributed by atoms with van der Waals surface area (Å²) in [4.78, 5) is 16.6. The quantitative estimate of drug-likeness (QED) is 0.298. The van der Waals surface area contributed by atoms with Gasteiger partial charge in [-0.3, -0.25) is 4.79 Å². The predicted molar refractivity (Wildman–Crippen MR) is 114 cm³/mol. The Morgan fingerprint density at radius 3 is 2.81 bits per heavy atom. The molecule has 0 amide bonds. The van der Waals surface area contributed by atoms with Crippen LogP contribution < -0.4 is 20.9 Å². The molecule has 0 unspecified atom stereocenters. The highest BCUT2D eigenvalue weighted by atomic mass is 35.5. The van der Waals surface area contributed by atoms with Crippen molar-refractivity contribution in [2.75, 3.05) is 18.4 Å². The second-order valence-corrected chi connectivity index (χ2v) is 7.42. The van der Waals surface area contributed by atoms with Crippen molar-refractivity contribution >= 4 is 17.4 Å². The van der Waals surface area contributed by atoms with E-state index in [1.807, 2.05) is 18.2 Å². The molecule has 10 heteroatoms. The SMILES string of the molecule is Cc1cnc(NCC(F)(F)c2cccc[n+]2[O-])c(=O)n1CCNCc1cccc(Cl)c1. The van der Waals surface area contributed by atoms with Gasteiger partial charge in [0, 0.05) is 48.7 Å². The predicted octanol–water partition coefficient (Wildman–Crippen LogP) is 2.83. The molecule has 164 valence electrons. The fourth-order valence-corrected chi connectivity index (χ4v) is 3.25. The van der Waals surface area contributed by atoms with Gasteiger partial charge in [-0.25, -0.2) is 4.98 Å². The molecule has 0 aliphatic carbocycles. The van der Waals surface area contributed by atoms with Crippen LogP contribution in [0.3, 0.4) is 0 Å². The number of pyridine rings is 1. The number of anilines is 1. The molecule has 3 aromatic rings. The topological polar surface area (TPSA) is 85.9 Å². The second kappa shape index (κ2) is 9.84. The lowest BCUT2D eigenvalue weighted by molar-refractivity contribution is -0.624. The summed E-state index contributed by atoms with van der Waals surface area (Å²) in [5, 5.41) is 17.9. The Labute approximate surface area is 182 Å². The number of halogens is 3. The number of alkyl halides is 2. The Morgan fingerprint density at radius 1 is 1.26 bits per heavy atom. The van der Waals surface area contributed by atoms with E-state index in [1.165, 1.54) is 22.9 Å². The number of nitrogens with zero attached hydrogens (tertiary/aromatic N) is 3. The lowest BCUT2D eigenvalue weighted by atomic mass is 10.2.